The second-order valence-electron chi connectivity index (χ2n) is 6.35. The van der Waals surface area contributed by atoms with Crippen molar-refractivity contribution in [2.75, 3.05) is 5.32 Å². The molecule has 1 aromatic heterocycles. The van der Waals surface area contributed by atoms with Gasteiger partial charge in [0.2, 0.25) is 0 Å². The molecule has 3 rings (SSSR count). The summed E-state index contributed by atoms with van der Waals surface area (Å²) in [7, 11) is 0. The molecular weight excluding hydrogens is 331 g/mol. The van der Waals surface area contributed by atoms with Crippen LogP contribution in [0.4, 0.5) is 14.9 Å². The lowest BCUT2D eigenvalue weighted by Crippen LogP contribution is -2.39. The Morgan fingerprint density at radius 1 is 1.19 bits per heavy atom. The van der Waals surface area contributed by atoms with Gasteiger partial charge in [-0.1, -0.05) is 24.3 Å². The first-order valence-corrected chi connectivity index (χ1v) is 8.44. The van der Waals surface area contributed by atoms with Crippen LogP contribution in [0.5, 0.6) is 0 Å². The summed E-state index contributed by atoms with van der Waals surface area (Å²) < 4.78 is 13.4. The quantitative estimate of drug-likeness (QED) is 0.702. The minimum Gasteiger partial charge on any atom is -0.318 e. The molecule has 6 heteroatoms. The zero-order chi connectivity index (χ0) is 18.5. The number of hydrogen-bond donors (Lipinski definition) is 2. The molecule has 0 unspecified atom stereocenters. The number of amides is 2. The van der Waals surface area contributed by atoms with Crippen LogP contribution in [-0.2, 0) is 6.54 Å². The largest absolute Gasteiger partial charge is 0.322 e. The van der Waals surface area contributed by atoms with E-state index in [-0.39, 0.29) is 17.9 Å². The zero-order valence-corrected chi connectivity index (χ0v) is 14.7. The van der Waals surface area contributed by atoms with Gasteiger partial charge >= 0.3 is 6.03 Å². The predicted octanol–water partition coefficient (Wildman–Crippen LogP) is 4.66. The molecule has 0 atom stereocenters. The van der Waals surface area contributed by atoms with Crippen molar-refractivity contribution in [2.45, 2.75) is 26.4 Å². The summed E-state index contributed by atoms with van der Waals surface area (Å²) in [5.74, 6) is -0.304. The molecule has 3 aromatic rings. The first-order valence-electron chi connectivity index (χ1n) is 8.44. The van der Waals surface area contributed by atoms with Crippen molar-refractivity contribution in [2.24, 2.45) is 0 Å². The van der Waals surface area contributed by atoms with Gasteiger partial charge in [-0.05, 0) is 49.2 Å². The lowest BCUT2D eigenvalue weighted by molar-refractivity contribution is 0.193. The van der Waals surface area contributed by atoms with Crippen LogP contribution in [0.2, 0.25) is 0 Å². The third-order valence-electron chi connectivity index (χ3n) is 4.09. The zero-order valence-electron chi connectivity index (χ0n) is 14.7. The van der Waals surface area contributed by atoms with E-state index < -0.39 is 0 Å². The molecule has 5 nitrogen and oxygen atoms in total. The molecule has 0 bridgehead atoms. The van der Waals surface area contributed by atoms with Crippen molar-refractivity contribution in [3.8, 4) is 11.1 Å². The lowest BCUT2D eigenvalue weighted by Gasteiger charge is -2.27. The summed E-state index contributed by atoms with van der Waals surface area (Å²) in [5, 5.41) is 9.61. The number of urea groups is 1. The standard InChI is InChI=1S/C20H21FN4O/c1-14(2)25(13-15-4-3-5-18(21)10-15)20(26)24-19-8-6-16(7-9-19)17-11-22-23-12-17/h3-12,14H,13H2,1-2H3,(H,22,23)(H,24,26). The van der Waals surface area contributed by atoms with Crippen LogP contribution < -0.4 is 5.32 Å². The molecule has 0 aliphatic carbocycles. The number of aromatic nitrogens is 2. The molecule has 1 heterocycles. The maximum atomic E-state index is 13.4. The fourth-order valence-electron chi connectivity index (χ4n) is 2.67. The Hall–Kier alpha value is -3.15. The highest BCUT2D eigenvalue weighted by atomic mass is 19.1. The maximum Gasteiger partial charge on any atom is 0.322 e. The van der Waals surface area contributed by atoms with Crippen LogP contribution in [0.25, 0.3) is 11.1 Å². The molecule has 2 aromatic carbocycles. The molecule has 0 radical (unpaired) electrons. The number of H-pyrrole nitrogens is 1. The number of aromatic amines is 1. The summed E-state index contributed by atoms with van der Waals surface area (Å²) in [6.45, 7) is 4.20. The van der Waals surface area contributed by atoms with E-state index >= 15 is 0 Å². The van der Waals surface area contributed by atoms with Gasteiger partial charge in [-0.25, -0.2) is 9.18 Å². The number of carbonyl (C=O) groups excluding carboxylic acids is 1. The minimum atomic E-state index is -0.304. The molecule has 0 aliphatic heterocycles. The molecule has 134 valence electrons. The molecule has 0 aliphatic rings. The Bertz CT molecular complexity index is 860. The van der Waals surface area contributed by atoms with Gasteiger partial charge in [0.25, 0.3) is 0 Å². The van der Waals surface area contributed by atoms with E-state index in [9.17, 15) is 9.18 Å². The van der Waals surface area contributed by atoms with Crippen molar-refractivity contribution in [1.29, 1.82) is 0 Å². The van der Waals surface area contributed by atoms with Crippen molar-refractivity contribution >= 4 is 11.7 Å². The average Bonchev–Trinajstić information content (AvgIpc) is 3.14. The lowest BCUT2D eigenvalue weighted by atomic mass is 10.1. The highest BCUT2D eigenvalue weighted by Gasteiger charge is 2.17. The summed E-state index contributed by atoms with van der Waals surface area (Å²) in [6.07, 6.45) is 3.56. The molecule has 0 saturated carbocycles. The van der Waals surface area contributed by atoms with Crippen LogP contribution in [0, 0.1) is 5.82 Å². The number of hydrogen-bond acceptors (Lipinski definition) is 2. The number of nitrogens with zero attached hydrogens (tertiary/aromatic N) is 2. The van der Waals surface area contributed by atoms with Crippen LogP contribution >= 0.6 is 0 Å². The van der Waals surface area contributed by atoms with E-state index in [0.29, 0.717) is 12.2 Å². The smallest absolute Gasteiger partial charge is 0.318 e. The number of carbonyl (C=O) groups is 1. The van der Waals surface area contributed by atoms with Gasteiger partial charge < -0.3 is 10.2 Å². The highest BCUT2D eigenvalue weighted by Crippen LogP contribution is 2.20. The van der Waals surface area contributed by atoms with Gasteiger partial charge in [-0.2, -0.15) is 5.10 Å². The maximum absolute atomic E-state index is 13.4. The molecule has 0 fully saturated rings. The second kappa shape index (κ2) is 7.82. The van der Waals surface area contributed by atoms with Gasteiger partial charge in [-0.3, -0.25) is 5.10 Å². The van der Waals surface area contributed by atoms with E-state index in [2.05, 4.69) is 15.5 Å². The first-order chi connectivity index (χ1) is 12.5. The Kier molecular flexibility index (Phi) is 5.31. The summed E-state index contributed by atoms with van der Waals surface area (Å²) in [5.41, 5.74) is 3.45. The molecule has 26 heavy (non-hydrogen) atoms. The van der Waals surface area contributed by atoms with Crippen molar-refractivity contribution < 1.29 is 9.18 Å². The Balaban J connectivity index is 1.69. The Morgan fingerprint density at radius 2 is 1.96 bits per heavy atom. The Morgan fingerprint density at radius 3 is 2.58 bits per heavy atom. The first kappa shape index (κ1) is 17.7. The summed E-state index contributed by atoms with van der Waals surface area (Å²) in [4.78, 5) is 14.3. The van der Waals surface area contributed by atoms with Crippen LogP contribution in [0.15, 0.2) is 60.9 Å². The van der Waals surface area contributed by atoms with E-state index in [1.165, 1.54) is 12.1 Å². The van der Waals surface area contributed by atoms with Gasteiger partial charge in [0.15, 0.2) is 0 Å². The fraction of sp³-hybridized carbons (Fsp3) is 0.200. The minimum absolute atomic E-state index is 0.0246. The predicted molar refractivity (Wildman–Crippen MR) is 100 cm³/mol. The summed E-state index contributed by atoms with van der Waals surface area (Å²) in [6, 6.07) is 13.6. The topological polar surface area (TPSA) is 61.0 Å². The van der Waals surface area contributed by atoms with Crippen molar-refractivity contribution in [1.82, 2.24) is 15.1 Å². The van der Waals surface area contributed by atoms with Crippen LogP contribution in [0.1, 0.15) is 19.4 Å². The Labute approximate surface area is 151 Å². The summed E-state index contributed by atoms with van der Waals surface area (Å²) >= 11 is 0. The normalized spacial score (nSPS) is 10.8. The van der Waals surface area contributed by atoms with E-state index in [4.69, 9.17) is 0 Å². The molecule has 2 amide bonds. The molecule has 0 spiro atoms. The fourth-order valence-corrected chi connectivity index (χ4v) is 2.67. The number of anilines is 1. The molecule has 2 N–H and O–H groups in total. The van der Waals surface area contributed by atoms with Crippen molar-refractivity contribution in [3.63, 3.8) is 0 Å². The number of benzene rings is 2. The van der Waals surface area contributed by atoms with E-state index in [1.54, 1.807) is 17.2 Å². The molecule has 0 saturated heterocycles. The number of rotatable bonds is 5. The monoisotopic (exact) mass is 352 g/mol. The number of nitrogens with one attached hydrogen (secondary N) is 2. The van der Waals surface area contributed by atoms with Crippen molar-refractivity contribution in [3.05, 3.63) is 72.3 Å². The van der Waals surface area contributed by atoms with Crippen LogP contribution in [0.3, 0.4) is 0 Å². The highest BCUT2D eigenvalue weighted by molar-refractivity contribution is 5.89. The number of halogens is 1. The van der Waals surface area contributed by atoms with Gasteiger partial charge in [0, 0.05) is 30.0 Å². The average molecular weight is 352 g/mol. The third-order valence-corrected chi connectivity index (χ3v) is 4.09. The third kappa shape index (κ3) is 4.27. The van der Waals surface area contributed by atoms with E-state index in [0.717, 1.165) is 16.7 Å². The van der Waals surface area contributed by atoms with E-state index in [1.807, 2.05) is 50.4 Å². The SMILES string of the molecule is CC(C)N(Cc1cccc(F)c1)C(=O)Nc1ccc(-c2cn[nH]c2)cc1. The van der Waals surface area contributed by atoms with Gasteiger partial charge in [0.1, 0.15) is 5.82 Å². The van der Waals surface area contributed by atoms with Gasteiger partial charge in [0.05, 0.1) is 6.20 Å². The van der Waals surface area contributed by atoms with Gasteiger partial charge in [-0.15, -0.1) is 0 Å². The second-order valence-corrected chi connectivity index (χ2v) is 6.35. The van der Waals surface area contributed by atoms with Crippen LogP contribution in [-0.4, -0.2) is 27.2 Å². The molecular formula is C20H21FN4O.